The monoisotopic (exact) mass is 238 g/mol. The summed E-state index contributed by atoms with van der Waals surface area (Å²) < 4.78 is 5.07. The van der Waals surface area contributed by atoms with Crippen molar-refractivity contribution in [1.82, 2.24) is 4.98 Å². The van der Waals surface area contributed by atoms with E-state index < -0.39 is 0 Å². The van der Waals surface area contributed by atoms with Crippen molar-refractivity contribution in [3.8, 4) is 5.88 Å². The van der Waals surface area contributed by atoms with E-state index in [1.165, 1.54) is 0 Å². The highest BCUT2D eigenvalue weighted by Gasteiger charge is 2.24. The zero-order chi connectivity index (χ0) is 12.7. The molecule has 0 aliphatic carbocycles. The number of methoxy groups -OCH3 is 1. The third kappa shape index (κ3) is 3.60. The molecule has 1 aromatic heterocycles. The van der Waals surface area contributed by atoms with Crippen molar-refractivity contribution in [1.29, 1.82) is 0 Å². The maximum Gasteiger partial charge on any atom is 0.214 e. The smallest absolute Gasteiger partial charge is 0.214 e. The number of ether oxygens (including phenoxy) is 1. The van der Waals surface area contributed by atoms with Gasteiger partial charge in [-0.15, -0.1) is 0 Å². The first kappa shape index (κ1) is 13.8. The fourth-order valence-corrected chi connectivity index (χ4v) is 1.70. The summed E-state index contributed by atoms with van der Waals surface area (Å²) in [4.78, 5) is 4.05. The van der Waals surface area contributed by atoms with Crippen molar-refractivity contribution in [2.24, 2.45) is 5.41 Å². The zero-order valence-electron chi connectivity index (χ0n) is 10.9. The lowest BCUT2D eigenvalue weighted by atomic mass is 9.83. The SMILES string of the molecule is CCC(CC)(CO)CNc1ccnc(OC)c1. The molecule has 96 valence electrons. The Labute approximate surface area is 103 Å². The highest BCUT2D eigenvalue weighted by atomic mass is 16.5. The number of hydrogen-bond donors (Lipinski definition) is 2. The van der Waals surface area contributed by atoms with Crippen LogP contribution < -0.4 is 10.1 Å². The molecule has 4 heteroatoms. The standard InChI is InChI=1S/C13H22N2O2/c1-4-13(5-2,10-16)9-15-11-6-7-14-12(8-11)17-3/h6-8,16H,4-5,9-10H2,1-3H3,(H,14,15). The van der Waals surface area contributed by atoms with Crippen LogP contribution in [0.25, 0.3) is 0 Å². The third-order valence-corrected chi connectivity index (χ3v) is 3.45. The largest absolute Gasteiger partial charge is 0.481 e. The van der Waals surface area contributed by atoms with Crippen LogP contribution in [0.15, 0.2) is 18.3 Å². The molecule has 1 rings (SSSR count). The Bertz CT molecular complexity index is 330. The van der Waals surface area contributed by atoms with Crippen LogP contribution in [0.2, 0.25) is 0 Å². The van der Waals surface area contributed by atoms with Crippen LogP contribution >= 0.6 is 0 Å². The van der Waals surface area contributed by atoms with E-state index in [2.05, 4.69) is 24.1 Å². The van der Waals surface area contributed by atoms with Gasteiger partial charge in [-0.2, -0.15) is 0 Å². The molecule has 2 N–H and O–H groups in total. The normalized spacial score (nSPS) is 11.3. The van der Waals surface area contributed by atoms with Gasteiger partial charge in [-0.1, -0.05) is 13.8 Å². The van der Waals surface area contributed by atoms with Crippen LogP contribution in [0.3, 0.4) is 0 Å². The molecule has 0 saturated carbocycles. The van der Waals surface area contributed by atoms with Gasteiger partial charge in [0, 0.05) is 29.9 Å². The van der Waals surface area contributed by atoms with Crippen LogP contribution in [0.1, 0.15) is 26.7 Å². The third-order valence-electron chi connectivity index (χ3n) is 3.45. The number of aliphatic hydroxyl groups is 1. The van der Waals surface area contributed by atoms with Gasteiger partial charge in [0.05, 0.1) is 13.7 Å². The predicted molar refractivity (Wildman–Crippen MR) is 69.4 cm³/mol. The highest BCUT2D eigenvalue weighted by molar-refractivity contribution is 5.45. The van der Waals surface area contributed by atoms with Crippen LogP contribution in [-0.2, 0) is 0 Å². The molecule has 17 heavy (non-hydrogen) atoms. The fourth-order valence-electron chi connectivity index (χ4n) is 1.70. The van der Waals surface area contributed by atoms with Crippen molar-refractivity contribution < 1.29 is 9.84 Å². The van der Waals surface area contributed by atoms with Crippen LogP contribution in [0.4, 0.5) is 5.69 Å². The quantitative estimate of drug-likeness (QED) is 0.765. The summed E-state index contributed by atoms with van der Waals surface area (Å²) in [7, 11) is 1.60. The second-order valence-electron chi connectivity index (χ2n) is 4.31. The lowest BCUT2D eigenvalue weighted by Gasteiger charge is -2.30. The molecule has 0 amide bonds. The molecule has 0 aromatic carbocycles. The number of anilines is 1. The maximum atomic E-state index is 9.48. The Hall–Kier alpha value is -1.29. The lowest BCUT2D eigenvalue weighted by molar-refractivity contribution is 0.127. The molecule has 0 radical (unpaired) electrons. The Balaban J connectivity index is 2.65. The van der Waals surface area contributed by atoms with Gasteiger partial charge >= 0.3 is 0 Å². The molecule has 0 unspecified atom stereocenters. The van der Waals surface area contributed by atoms with Gasteiger partial charge in [0.1, 0.15) is 0 Å². The van der Waals surface area contributed by atoms with Gasteiger partial charge in [0.15, 0.2) is 0 Å². The lowest BCUT2D eigenvalue weighted by Crippen LogP contribution is -2.32. The van der Waals surface area contributed by atoms with E-state index >= 15 is 0 Å². The van der Waals surface area contributed by atoms with Crippen molar-refractivity contribution in [3.63, 3.8) is 0 Å². The van der Waals surface area contributed by atoms with Crippen molar-refractivity contribution >= 4 is 5.69 Å². The van der Waals surface area contributed by atoms with Crippen molar-refractivity contribution in [3.05, 3.63) is 18.3 Å². The van der Waals surface area contributed by atoms with E-state index in [-0.39, 0.29) is 12.0 Å². The average Bonchev–Trinajstić information content (AvgIpc) is 2.41. The van der Waals surface area contributed by atoms with E-state index in [0.29, 0.717) is 5.88 Å². The Morgan fingerprint density at radius 2 is 2.12 bits per heavy atom. The molecule has 0 aliphatic heterocycles. The fraction of sp³-hybridized carbons (Fsp3) is 0.615. The number of pyridine rings is 1. The van der Waals surface area contributed by atoms with Gasteiger partial charge < -0.3 is 15.2 Å². The molecular weight excluding hydrogens is 216 g/mol. The number of aromatic nitrogens is 1. The van der Waals surface area contributed by atoms with Gasteiger partial charge in [-0.3, -0.25) is 0 Å². The first-order chi connectivity index (χ1) is 8.19. The van der Waals surface area contributed by atoms with Gasteiger partial charge in [0.2, 0.25) is 5.88 Å². The Kier molecular flexibility index (Phi) is 5.22. The van der Waals surface area contributed by atoms with E-state index in [0.717, 1.165) is 25.1 Å². The molecule has 4 nitrogen and oxygen atoms in total. The molecule has 1 aromatic rings. The Morgan fingerprint density at radius 3 is 2.65 bits per heavy atom. The molecule has 1 heterocycles. The predicted octanol–water partition coefficient (Wildman–Crippen LogP) is 2.30. The van der Waals surface area contributed by atoms with Gasteiger partial charge in [0.25, 0.3) is 0 Å². The van der Waals surface area contributed by atoms with Crippen LogP contribution in [-0.4, -0.2) is 30.4 Å². The summed E-state index contributed by atoms with van der Waals surface area (Å²) in [5, 5.41) is 12.8. The molecule has 0 fully saturated rings. The first-order valence-electron chi connectivity index (χ1n) is 6.04. The number of hydrogen-bond acceptors (Lipinski definition) is 4. The second-order valence-corrected chi connectivity index (χ2v) is 4.31. The van der Waals surface area contributed by atoms with E-state index in [9.17, 15) is 5.11 Å². The molecular formula is C13H22N2O2. The average molecular weight is 238 g/mol. The van der Waals surface area contributed by atoms with Crippen molar-refractivity contribution in [2.45, 2.75) is 26.7 Å². The molecule has 0 saturated heterocycles. The molecule has 0 spiro atoms. The summed E-state index contributed by atoms with van der Waals surface area (Å²) >= 11 is 0. The highest BCUT2D eigenvalue weighted by Crippen LogP contribution is 2.26. The number of nitrogens with zero attached hydrogens (tertiary/aromatic N) is 1. The molecule has 0 bridgehead atoms. The van der Waals surface area contributed by atoms with Gasteiger partial charge in [-0.25, -0.2) is 4.98 Å². The van der Waals surface area contributed by atoms with Crippen LogP contribution in [0.5, 0.6) is 5.88 Å². The first-order valence-corrected chi connectivity index (χ1v) is 6.04. The molecule has 0 aliphatic rings. The van der Waals surface area contributed by atoms with Crippen LogP contribution in [0, 0.1) is 5.41 Å². The summed E-state index contributed by atoms with van der Waals surface area (Å²) in [5.74, 6) is 0.595. The summed E-state index contributed by atoms with van der Waals surface area (Å²) in [5.41, 5.74) is 0.924. The summed E-state index contributed by atoms with van der Waals surface area (Å²) in [6, 6.07) is 3.75. The number of rotatable bonds is 7. The molecule has 0 atom stereocenters. The topological polar surface area (TPSA) is 54.4 Å². The van der Waals surface area contributed by atoms with Gasteiger partial charge in [-0.05, 0) is 18.9 Å². The minimum atomic E-state index is -0.0451. The Morgan fingerprint density at radius 1 is 1.41 bits per heavy atom. The number of aliphatic hydroxyl groups excluding tert-OH is 1. The maximum absolute atomic E-state index is 9.48. The van der Waals surface area contributed by atoms with E-state index in [1.54, 1.807) is 13.3 Å². The summed E-state index contributed by atoms with van der Waals surface area (Å²) in [6.45, 7) is 5.17. The second kappa shape index (κ2) is 6.45. The summed E-state index contributed by atoms with van der Waals surface area (Å²) in [6.07, 6.45) is 3.62. The number of nitrogens with one attached hydrogen (secondary N) is 1. The van der Waals surface area contributed by atoms with E-state index in [1.807, 2.05) is 12.1 Å². The minimum Gasteiger partial charge on any atom is -0.481 e. The van der Waals surface area contributed by atoms with Crippen molar-refractivity contribution in [2.75, 3.05) is 25.6 Å². The van der Waals surface area contributed by atoms with E-state index in [4.69, 9.17) is 4.74 Å². The minimum absolute atomic E-state index is 0.0451. The zero-order valence-corrected chi connectivity index (χ0v) is 10.9.